The van der Waals surface area contributed by atoms with Gasteiger partial charge in [0, 0.05) is 18.9 Å². The zero-order chi connectivity index (χ0) is 11.2. The van der Waals surface area contributed by atoms with Crippen LogP contribution in [0, 0.1) is 0 Å². The first-order chi connectivity index (χ1) is 7.90. The molecule has 1 N–H and O–H groups in total. The topological polar surface area (TPSA) is 43.0 Å². The molecule has 4 nitrogen and oxygen atoms in total. The van der Waals surface area contributed by atoms with Gasteiger partial charge in [0.2, 0.25) is 0 Å². The van der Waals surface area contributed by atoms with Crippen LogP contribution >= 0.6 is 0 Å². The Morgan fingerprint density at radius 1 is 1.50 bits per heavy atom. The van der Waals surface area contributed by atoms with Gasteiger partial charge in [0.15, 0.2) is 0 Å². The van der Waals surface area contributed by atoms with Crippen molar-refractivity contribution in [2.75, 3.05) is 6.54 Å². The molecule has 0 saturated heterocycles. The van der Waals surface area contributed by atoms with Crippen LogP contribution in [-0.4, -0.2) is 16.3 Å². The van der Waals surface area contributed by atoms with E-state index in [-0.39, 0.29) is 0 Å². The first kappa shape index (κ1) is 11.0. The van der Waals surface area contributed by atoms with Gasteiger partial charge in [-0.15, -0.1) is 0 Å². The van der Waals surface area contributed by atoms with E-state index in [1.807, 2.05) is 29.1 Å². The third-order valence-electron chi connectivity index (χ3n) is 2.59. The van der Waals surface area contributed by atoms with Crippen LogP contribution in [-0.2, 0) is 6.54 Å². The smallest absolute Gasteiger partial charge is 0.120 e. The van der Waals surface area contributed by atoms with Crippen molar-refractivity contribution in [2.45, 2.75) is 25.9 Å². The van der Waals surface area contributed by atoms with Gasteiger partial charge in [-0.25, -0.2) is 0 Å². The summed E-state index contributed by atoms with van der Waals surface area (Å²) >= 11 is 0. The predicted octanol–water partition coefficient (Wildman–Crippen LogP) is 2.22. The van der Waals surface area contributed by atoms with Crippen molar-refractivity contribution in [2.24, 2.45) is 0 Å². The van der Waals surface area contributed by atoms with E-state index < -0.39 is 0 Å². The molecule has 0 fully saturated rings. The van der Waals surface area contributed by atoms with Crippen LogP contribution in [0.3, 0.4) is 0 Å². The second-order valence-corrected chi connectivity index (χ2v) is 3.70. The van der Waals surface area contributed by atoms with Crippen molar-refractivity contribution in [1.82, 2.24) is 15.1 Å². The standard InChI is InChI=1S/C12H17N3O/c1-2-11(12-5-3-10-16-12)13-7-9-15-8-4-6-14-15/h3-6,8,10-11,13H,2,7,9H2,1H3. The average molecular weight is 219 g/mol. The lowest BCUT2D eigenvalue weighted by Crippen LogP contribution is -2.24. The quantitative estimate of drug-likeness (QED) is 0.810. The summed E-state index contributed by atoms with van der Waals surface area (Å²) in [6, 6.07) is 6.16. The third kappa shape index (κ3) is 2.73. The van der Waals surface area contributed by atoms with Gasteiger partial charge < -0.3 is 9.73 Å². The van der Waals surface area contributed by atoms with Gasteiger partial charge in [-0.1, -0.05) is 6.92 Å². The number of nitrogens with one attached hydrogen (secondary N) is 1. The molecule has 1 unspecified atom stereocenters. The fourth-order valence-electron chi connectivity index (χ4n) is 1.72. The summed E-state index contributed by atoms with van der Waals surface area (Å²) in [7, 11) is 0. The maximum Gasteiger partial charge on any atom is 0.120 e. The number of furan rings is 1. The maximum absolute atomic E-state index is 5.39. The maximum atomic E-state index is 5.39. The summed E-state index contributed by atoms with van der Waals surface area (Å²) in [4.78, 5) is 0. The van der Waals surface area contributed by atoms with Crippen LogP contribution in [0.4, 0.5) is 0 Å². The van der Waals surface area contributed by atoms with Crippen molar-refractivity contribution in [3.63, 3.8) is 0 Å². The second kappa shape index (κ2) is 5.51. The molecule has 4 heteroatoms. The van der Waals surface area contributed by atoms with Crippen LogP contribution in [0.1, 0.15) is 25.1 Å². The number of hydrogen-bond acceptors (Lipinski definition) is 3. The molecule has 0 aromatic carbocycles. The molecule has 0 aliphatic carbocycles. The van der Waals surface area contributed by atoms with Crippen LogP contribution in [0.5, 0.6) is 0 Å². The molecule has 2 aromatic heterocycles. The van der Waals surface area contributed by atoms with Gasteiger partial charge in [0.25, 0.3) is 0 Å². The lowest BCUT2D eigenvalue weighted by atomic mass is 10.2. The van der Waals surface area contributed by atoms with E-state index in [4.69, 9.17) is 4.42 Å². The van der Waals surface area contributed by atoms with E-state index in [1.165, 1.54) is 0 Å². The fraction of sp³-hybridized carbons (Fsp3) is 0.417. The van der Waals surface area contributed by atoms with Crippen LogP contribution in [0.25, 0.3) is 0 Å². The van der Waals surface area contributed by atoms with E-state index >= 15 is 0 Å². The van der Waals surface area contributed by atoms with Crippen molar-refractivity contribution in [3.05, 3.63) is 42.6 Å². The van der Waals surface area contributed by atoms with Gasteiger partial charge in [-0.05, 0) is 24.6 Å². The minimum Gasteiger partial charge on any atom is -0.468 e. The molecule has 2 aromatic rings. The molecule has 16 heavy (non-hydrogen) atoms. The largest absolute Gasteiger partial charge is 0.468 e. The highest BCUT2D eigenvalue weighted by Gasteiger charge is 2.10. The van der Waals surface area contributed by atoms with Gasteiger partial charge >= 0.3 is 0 Å². The Balaban J connectivity index is 1.80. The molecule has 0 amide bonds. The fourth-order valence-corrected chi connectivity index (χ4v) is 1.72. The van der Waals surface area contributed by atoms with Crippen molar-refractivity contribution >= 4 is 0 Å². The third-order valence-corrected chi connectivity index (χ3v) is 2.59. The predicted molar refractivity (Wildman–Crippen MR) is 62.0 cm³/mol. The number of hydrogen-bond donors (Lipinski definition) is 1. The van der Waals surface area contributed by atoms with E-state index in [1.54, 1.807) is 12.5 Å². The van der Waals surface area contributed by atoms with Gasteiger partial charge in [-0.3, -0.25) is 4.68 Å². The highest BCUT2D eigenvalue weighted by molar-refractivity contribution is 5.03. The average Bonchev–Trinajstić information content (AvgIpc) is 2.96. The summed E-state index contributed by atoms with van der Waals surface area (Å²) in [5.74, 6) is 1.00. The minimum atomic E-state index is 0.297. The Morgan fingerprint density at radius 3 is 3.06 bits per heavy atom. The molecule has 0 aliphatic heterocycles. The van der Waals surface area contributed by atoms with Crippen molar-refractivity contribution in [1.29, 1.82) is 0 Å². The van der Waals surface area contributed by atoms with E-state index in [0.29, 0.717) is 6.04 Å². The molecule has 86 valence electrons. The summed E-state index contributed by atoms with van der Waals surface area (Å²) < 4.78 is 7.31. The summed E-state index contributed by atoms with van der Waals surface area (Å²) in [5.41, 5.74) is 0. The first-order valence-corrected chi connectivity index (χ1v) is 5.64. The zero-order valence-electron chi connectivity index (χ0n) is 9.47. The first-order valence-electron chi connectivity index (χ1n) is 5.64. The molecule has 2 heterocycles. The number of nitrogens with zero attached hydrogens (tertiary/aromatic N) is 2. The minimum absolute atomic E-state index is 0.297. The lowest BCUT2D eigenvalue weighted by molar-refractivity contribution is 0.394. The van der Waals surface area contributed by atoms with E-state index in [0.717, 1.165) is 25.3 Å². The number of aromatic nitrogens is 2. The number of rotatable bonds is 6. The Labute approximate surface area is 95.3 Å². The molecule has 2 rings (SSSR count). The van der Waals surface area contributed by atoms with E-state index in [2.05, 4.69) is 17.3 Å². The van der Waals surface area contributed by atoms with Gasteiger partial charge in [-0.2, -0.15) is 5.10 Å². The molecule has 1 atom stereocenters. The highest BCUT2D eigenvalue weighted by Crippen LogP contribution is 2.16. The Bertz CT molecular complexity index is 380. The summed E-state index contributed by atoms with van der Waals surface area (Å²) in [5, 5.41) is 7.61. The SMILES string of the molecule is CCC(NCCn1cccn1)c1ccco1. The normalized spacial score (nSPS) is 12.8. The van der Waals surface area contributed by atoms with Gasteiger partial charge in [0.1, 0.15) is 5.76 Å². The van der Waals surface area contributed by atoms with E-state index in [9.17, 15) is 0 Å². The lowest BCUT2D eigenvalue weighted by Gasteiger charge is -2.14. The van der Waals surface area contributed by atoms with Crippen LogP contribution in [0.2, 0.25) is 0 Å². The second-order valence-electron chi connectivity index (χ2n) is 3.70. The van der Waals surface area contributed by atoms with Crippen LogP contribution in [0.15, 0.2) is 41.3 Å². The summed E-state index contributed by atoms with van der Waals surface area (Å²) in [6.45, 7) is 3.92. The molecule has 0 saturated carbocycles. The molecule has 0 bridgehead atoms. The zero-order valence-corrected chi connectivity index (χ0v) is 9.47. The molecule has 0 spiro atoms. The van der Waals surface area contributed by atoms with Crippen molar-refractivity contribution < 1.29 is 4.42 Å². The molecule has 0 radical (unpaired) electrons. The highest BCUT2D eigenvalue weighted by atomic mass is 16.3. The molecule has 0 aliphatic rings. The Hall–Kier alpha value is -1.55. The van der Waals surface area contributed by atoms with Gasteiger partial charge in [0.05, 0.1) is 18.8 Å². The molecular weight excluding hydrogens is 202 g/mol. The monoisotopic (exact) mass is 219 g/mol. The Morgan fingerprint density at radius 2 is 2.44 bits per heavy atom. The summed E-state index contributed by atoms with van der Waals surface area (Å²) in [6.07, 6.45) is 6.50. The molecular formula is C12H17N3O. The van der Waals surface area contributed by atoms with Crippen LogP contribution < -0.4 is 5.32 Å². The van der Waals surface area contributed by atoms with Crippen molar-refractivity contribution in [3.8, 4) is 0 Å². The Kier molecular flexibility index (Phi) is 3.77.